The first kappa shape index (κ1) is 13.7. The van der Waals surface area contributed by atoms with Crippen molar-refractivity contribution in [2.45, 2.75) is 49.0 Å². The average Bonchev–Trinajstić information content (AvgIpc) is 2.80. The zero-order valence-corrected chi connectivity index (χ0v) is 10.2. The number of hydrogen-bond acceptors (Lipinski definition) is 8. The molecule has 3 aliphatic heterocycles. The summed E-state index contributed by atoms with van der Waals surface area (Å²) < 4.78 is 21.5. The van der Waals surface area contributed by atoms with Gasteiger partial charge in [0.15, 0.2) is 6.29 Å². The maximum atomic E-state index is 9.85. The van der Waals surface area contributed by atoms with Crippen LogP contribution in [-0.4, -0.2) is 89.3 Å². The van der Waals surface area contributed by atoms with Crippen molar-refractivity contribution in [2.24, 2.45) is 0 Å². The van der Waals surface area contributed by atoms with Gasteiger partial charge in [0.2, 0.25) is 0 Å². The Kier molecular flexibility index (Phi) is 3.76. The second-order valence-corrected chi connectivity index (χ2v) is 5.04. The molecule has 3 rings (SSSR count). The summed E-state index contributed by atoms with van der Waals surface area (Å²) in [6, 6.07) is 0. The molecule has 0 amide bonds. The van der Waals surface area contributed by atoms with E-state index in [1.165, 1.54) is 0 Å². The minimum atomic E-state index is -1.26. The largest absolute Gasteiger partial charge is 0.394 e. The van der Waals surface area contributed by atoms with E-state index in [0.29, 0.717) is 6.61 Å². The molecule has 110 valence electrons. The van der Waals surface area contributed by atoms with Crippen LogP contribution < -0.4 is 0 Å². The van der Waals surface area contributed by atoms with Crippen molar-refractivity contribution in [2.75, 3.05) is 19.8 Å². The zero-order chi connectivity index (χ0) is 13.6. The van der Waals surface area contributed by atoms with E-state index in [4.69, 9.17) is 24.1 Å². The lowest BCUT2D eigenvalue weighted by atomic mass is 10.0. The molecule has 3 saturated heterocycles. The molecule has 4 N–H and O–H groups in total. The summed E-state index contributed by atoms with van der Waals surface area (Å²) in [5.74, 6) is 0. The van der Waals surface area contributed by atoms with Gasteiger partial charge in [-0.15, -0.1) is 0 Å². The van der Waals surface area contributed by atoms with E-state index in [1.807, 2.05) is 0 Å². The predicted octanol–water partition coefficient (Wildman–Crippen LogP) is -3.03. The molecule has 8 heteroatoms. The van der Waals surface area contributed by atoms with Crippen molar-refractivity contribution in [3.05, 3.63) is 0 Å². The third-order valence-electron chi connectivity index (χ3n) is 3.82. The van der Waals surface area contributed by atoms with Crippen LogP contribution in [0.1, 0.15) is 0 Å². The third kappa shape index (κ3) is 2.28. The lowest BCUT2D eigenvalue weighted by molar-refractivity contribution is -0.239. The molecule has 8 atom stereocenters. The van der Waals surface area contributed by atoms with Crippen LogP contribution in [0.3, 0.4) is 0 Å². The third-order valence-corrected chi connectivity index (χ3v) is 3.82. The molecule has 0 spiro atoms. The minimum absolute atomic E-state index is 0.221. The van der Waals surface area contributed by atoms with Gasteiger partial charge >= 0.3 is 0 Å². The van der Waals surface area contributed by atoms with Gasteiger partial charge in [0.05, 0.1) is 19.8 Å². The lowest BCUT2D eigenvalue weighted by Gasteiger charge is -2.33. The van der Waals surface area contributed by atoms with Crippen LogP contribution in [0, 0.1) is 0 Å². The Labute approximate surface area is 109 Å². The summed E-state index contributed by atoms with van der Waals surface area (Å²) in [5.41, 5.74) is 0. The first-order valence-electron chi connectivity index (χ1n) is 6.31. The Morgan fingerprint density at radius 1 is 1.00 bits per heavy atom. The van der Waals surface area contributed by atoms with Crippen LogP contribution in [0.2, 0.25) is 0 Å². The molecule has 0 aromatic carbocycles. The van der Waals surface area contributed by atoms with Crippen molar-refractivity contribution in [3.8, 4) is 0 Å². The normalized spacial score (nSPS) is 53.7. The molecule has 3 aliphatic rings. The second-order valence-electron chi connectivity index (χ2n) is 5.04. The van der Waals surface area contributed by atoms with Crippen molar-refractivity contribution in [1.29, 1.82) is 0 Å². The van der Waals surface area contributed by atoms with Crippen molar-refractivity contribution < 1.29 is 39.4 Å². The topological polar surface area (TPSA) is 118 Å². The number of aliphatic hydroxyl groups excluding tert-OH is 4. The van der Waals surface area contributed by atoms with Gasteiger partial charge in [-0.25, -0.2) is 0 Å². The second kappa shape index (κ2) is 5.23. The van der Waals surface area contributed by atoms with Gasteiger partial charge in [-0.2, -0.15) is 0 Å². The Hall–Kier alpha value is -0.320. The fourth-order valence-electron chi connectivity index (χ4n) is 2.67. The molecule has 3 heterocycles. The van der Waals surface area contributed by atoms with E-state index in [9.17, 15) is 15.3 Å². The molecule has 0 aliphatic carbocycles. The number of fused-ring (bicyclic) bond motifs is 2. The Morgan fingerprint density at radius 3 is 2.47 bits per heavy atom. The molecule has 0 unspecified atom stereocenters. The van der Waals surface area contributed by atoms with Crippen molar-refractivity contribution >= 4 is 0 Å². The molecule has 19 heavy (non-hydrogen) atoms. The molecule has 2 bridgehead atoms. The fraction of sp³-hybridized carbons (Fsp3) is 1.00. The summed E-state index contributed by atoms with van der Waals surface area (Å²) in [7, 11) is 0. The zero-order valence-electron chi connectivity index (χ0n) is 10.2. The molecule has 8 nitrogen and oxygen atoms in total. The van der Waals surface area contributed by atoms with Crippen LogP contribution in [0.25, 0.3) is 0 Å². The maximum absolute atomic E-state index is 9.85. The van der Waals surface area contributed by atoms with Crippen LogP contribution in [-0.2, 0) is 18.9 Å². The van der Waals surface area contributed by atoms with Crippen LogP contribution in [0.5, 0.6) is 0 Å². The van der Waals surface area contributed by atoms with Gasteiger partial charge in [-0.1, -0.05) is 0 Å². The fourth-order valence-corrected chi connectivity index (χ4v) is 2.67. The van der Waals surface area contributed by atoms with Crippen LogP contribution in [0.4, 0.5) is 0 Å². The molecule has 0 radical (unpaired) electrons. The van der Waals surface area contributed by atoms with E-state index in [1.54, 1.807) is 0 Å². The van der Waals surface area contributed by atoms with Crippen molar-refractivity contribution in [3.63, 3.8) is 0 Å². The number of rotatable bonds is 3. The molecule has 0 saturated carbocycles. The highest BCUT2D eigenvalue weighted by molar-refractivity contribution is 4.95. The van der Waals surface area contributed by atoms with E-state index >= 15 is 0 Å². The quantitative estimate of drug-likeness (QED) is 0.430. The predicted molar refractivity (Wildman–Crippen MR) is 58.1 cm³/mol. The summed E-state index contributed by atoms with van der Waals surface area (Å²) in [4.78, 5) is 0. The SMILES string of the molecule is OC[C@H]1O[C@H](O[C@H]2CO[C@@H]3CO[C@H]2[C@H]3O)[C@@H](O)[C@@H]1O. The first-order valence-corrected chi connectivity index (χ1v) is 6.31. The molecular formula is C11H18O8. The summed E-state index contributed by atoms with van der Waals surface area (Å²) in [6.07, 6.45) is -6.64. The first-order chi connectivity index (χ1) is 9.11. The van der Waals surface area contributed by atoms with Gasteiger partial charge in [-0.3, -0.25) is 0 Å². The van der Waals surface area contributed by atoms with Gasteiger partial charge in [0, 0.05) is 0 Å². The highest BCUT2D eigenvalue weighted by atomic mass is 16.7. The van der Waals surface area contributed by atoms with Crippen LogP contribution >= 0.6 is 0 Å². The number of aliphatic hydroxyl groups is 4. The Balaban J connectivity index is 1.62. The monoisotopic (exact) mass is 278 g/mol. The van der Waals surface area contributed by atoms with Gasteiger partial charge < -0.3 is 39.4 Å². The van der Waals surface area contributed by atoms with Crippen molar-refractivity contribution in [1.82, 2.24) is 0 Å². The highest BCUT2D eigenvalue weighted by Gasteiger charge is 2.50. The highest BCUT2D eigenvalue weighted by Crippen LogP contribution is 2.30. The summed E-state index contributed by atoms with van der Waals surface area (Å²) in [5, 5.41) is 38.2. The van der Waals surface area contributed by atoms with E-state index in [-0.39, 0.29) is 12.7 Å². The standard InChI is InChI=1S/C11H18O8/c12-1-4-7(13)9(15)11(18-4)19-6-3-16-5-2-17-10(6)8(5)14/h4-15H,1-3H2/t4-,5-,6+,7-,8+,9+,10-,11-/m1/s1. The Morgan fingerprint density at radius 2 is 1.79 bits per heavy atom. The molecule has 3 fully saturated rings. The number of hydrogen-bond donors (Lipinski definition) is 4. The summed E-state index contributed by atoms with van der Waals surface area (Å²) >= 11 is 0. The lowest BCUT2D eigenvalue weighted by Crippen LogP contribution is -2.51. The average molecular weight is 278 g/mol. The van der Waals surface area contributed by atoms with E-state index in [0.717, 1.165) is 0 Å². The summed E-state index contributed by atoms with van der Waals surface area (Å²) in [6.45, 7) is 0.115. The molecule has 0 aromatic rings. The van der Waals surface area contributed by atoms with Gasteiger partial charge in [0.1, 0.15) is 42.7 Å². The van der Waals surface area contributed by atoms with E-state index in [2.05, 4.69) is 0 Å². The van der Waals surface area contributed by atoms with Gasteiger partial charge in [-0.05, 0) is 0 Å². The number of ether oxygens (including phenoxy) is 4. The van der Waals surface area contributed by atoms with Gasteiger partial charge in [0.25, 0.3) is 0 Å². The Bertz CT molecular complexity index is 326. The van der Waals surface area contributed by atoms with Crippen LogP contribution in [0.15, 0.2) is 0 Å². The molecule has 0 aromatic heterocycles. The molecular weight excluding hydrogens is 260 g/mol. The van der Waals surface area contributed by atoms with E-state index < -0.39 is 49.5 Å². The smallest absolute Gasteiger partial charge is 0.187 e. The maximum Gasteiger partial charge on any atom is 0.187 e. The minimum Gasteiger partial charge on any atom is -0.394 e.